The molecule has 2 heterocycles. The third kappa shape index (κ3) is 10.8. The first kappa shape index (κ1) is 40.7. The van der Waals surface area contributed by atoms with E-state index in [1.54, 1.807) is 45.2 Å². The standard InChI is InChI=1S/C43H52FN5O6/c1-43(2,3)39(48-42(53)54-6)41(52)47-35(23-27-15-17-28(18-16-27)30-19-20-38(45-26-30)49(4)5)36(50)25-31(24-29-11-7-9-13-33(29)44)40(51)46-34-21-22-55-37-14-10-8-12-32(34)37/h7-20,26,31,34-36,39,50H,21-25H2,1-6H3,(H,46,51)(H,47,52)(H,48,53)/t31-,34-,35+,36+,39-/m1/s1. The molecule has 0 fully saturated rings. The van der Waals surface area contributed by atoms with E-state index in [0.29, 0.717) is 24.3 Å². The number of pyridine rings is 1. The number of aliphatic hydroxyl groups is 1. The van der Waals surface area contributed by atoms with Crippen molar-refractivity contribution in [2.75, 3.05) is 32.7 Å². The van der Waals surface area contributed by atoms with Crippen LogP contribution in [0.15, 0.2) is 91.1 Å². The Labute approximate surface area is 322 Å². The predicted molar refractivity (Wildman–Crippen MR) is 210 cm³/mol. The van der Waals surface area contributed by atoms with Gasteiger partial charge in [-0.05, 0) is 65.6 Å². The first-order valence-corrected chi connectivity index (χ1v) is 18.5. The summed E-state index contributed by atoms with van der Waals surface area (Å²) < 4.78 is 25.6. The number of hydrogen-bond donors (Lipinski definition) is 4. The van der Waals surface area contributed by atoms with Gasteiger partial charge in [-0.3, -0.25) is 9.59 Å². The number of amides is 3. The van der Waals surface area contributed by atoms with Crippen molar-refractivity contribution >= 4 is 23.7 Å². The molecule has 4 N–H and O–H groups in total. The molecular weight excluding hydrogens is 701 g/mol. The zero-order valence-electron chi connectivity index (χ0n) is 32.3. The Morgan fingerprint density at radius 2 is 1.62 bits per heavy atom. The Kier molecular flexibility index (Phi) is 13.5. The van der Waals surface area contributed by atoms with Crippen molar-refractivity contribution in [3.8, 4) is 16.9 Å². The van der Waals surface area contributed by atoms with E-state index in [2.05, 4.69) is 20.9 Å². The van der Waals surface area contributed by atoms with Gasteiger partial charge in [0, 0.05) is 43.8 Å². The zero-order chi connectivity index (χ0) is 39.7. The highest BCUT2D eigenvalue weighted by molar-refractivity contribution is 5.86. The molecule has 3 amide bonds. The Hall–Kier alpha value is -5.49. The number of anilines is 1. The Morgan fingerprint density at radius 1 is 0.927 bits per heavy atom. The number of nitrogens with one attached hydrogen (secondary N) is 3. The van der Waals surface area contributed by atoms with Gasteiger partial charge in [-0.2, -0.15) is 0 Å². The van der Waals surface area contributed by atoms with E-state index in [1.165, 1.54) is 13.2 Å². The molecule has 0 saturated heterocycles. The molecule has 292 valence electrons. The van der Waals surface area contributed by atoms with Crippen LogP contribution in [-0.2, 0) is 27.2 Å². The van der Waals surface area contributed by atoms with Crippen molar-refractivity contribution in [2.24, 2.45) is 11.3 Å². The van der Waals surface area contributed by atoms with Crippen LogP contribution in [0.5, 0.6) is 5.75 Å². The molecule has 1 aliphatic rings. The lowest BCUT2D eigenvalue weighted by Gasteiger charge is -2.34. The SMILES string of the molecule is COC(=O)N[C@H](C(=O)N[C@@H](Cc1ccc(-c2ccc(N(C)C)nc2)cc1)[C@@H](O)C[C@@H](Cc1ccccc1F)C(=O)N[C@@H]1CCOc2ccccc21)C(C)(C)C. The highest BCUT2D eigenvalue weighted by Gasteiger charge is 2.37. The van der Waals surface area contributed by atoms with Crippen LogP contribution in [0.3, 0.4) is 0 Å². The molecule has 0 radical (unpaired) electrons. The molecule has 5 rings (SSSR count). The van der Waals surface area contributed by atoms with Crippen LogP contribution in [0.2, 0.25) is 0 Å². The molecule has 4 aromatic rings. The number of para-hydroxylation sites is 1. The summed E-state index contributed by atoms with van der Waals surface area (Å²) in [5.74, 6) is -0.679. The third-order valence-corrected chi connectivity index (χ3v) is 9.91. The average Bonchev–Trinajstić information content (AvgIpc) is 3.17. The van der Waals surface area contributed by atoms with Crippen molar-refractivity contribution < 1.29 is 33.4 Å². The number of benzene rings is 3. The number of rotatable bonds is 14. The van der Waals surface area contributed by atoms with E-state index < -0.39 is 47.3 Å². The van der Waals surface area contributed by atoms with Crippen LogP contribution in [0.1, 0.15) is 56.3 Å². The number of fused-ring (bicyclic) bond motifs is 1. The number of halogens is 1. The summed E-state index contributed by atoms with van der Waals surface area (Å²) >= 11 is 0. The second-order valence-corrected chi connectivity index (χ2v) is 15.3. The van der Waals surface area contributed by atoms with Crippen LogP contribution >= 0.6 is 0 Å². The van der Waals surface area contributed by atoms with E-state index in [0.717, 1.165) is 28.1 Å². The highest BCUT2D eigenvalue weighted by Crippen LogP contribution is 2.32. The predicted octanol–water partition coefficient (Wildman–Crippen LogP) is 6.00. The fourth-order valence-electron chi connectivity index (χ4n) is 6.76. The number of hydrogen-bond acceptors (Lipinski definition) is 8. The third-order valence-electron chi connectivity index (χ3n) is 9.91. The summed E-state index contributed by atoms with van der Waals surface area (Å²) in [6, 6.07) is 23.2. The molecule has 12 heteroatoms. The van der Waals surface area contributed by atoms with Gasteiger partial charge >= 0.3 is 6.09 Å². The quantitative estimate of drug-likeness (QED) is 0.123. The van der Waals surface area contributed by atoms with Gasteiger partial charge in [0.15, 0.2) is 0 Å². The molecule has 0 spiro atoms. The van der Waals surface area contributed by atoms with E-state index >= 15 is 4.39 Å². The van der Waals surface area contributed by atoms with Crippen molar-refractivity contribution in [2.45, 2.75) is 70.7 Å². The molecule has 0 saturated carbocycles. The van der Waals surface area contributed by atoms with Gasteiger partial charge in [0.1, 0.15) is 23.4 Å². The Bertz CT molecular complexity index is 1910. The van der Waals surface area contributed by atoms with Crippen LogP contribution < -0.4 is 25.6 Å². The van der Waals surface area contributed by atoms with Gasteiger partial charge in [-0.25, -0.2) is 14.2 Å². The van der Waals surface area contributed by atoms with E-state index in [-0.39, 0.29) is 31.2 Å². The number of ether oxygens (including phenoxy) is 2. The van der Waals surface area contributed by atoms with Gasteiger partial charge in [0.25, 0.3) is 0 Å². The summed E-state index contributed by atoms with van der Waals surface area (Å²) in [6.07, 6.45) is 0.443. The minimum absolute atomic E-state index is 0.0188. The number of alkyl carbamates (subject to hydrolysis) is 1. The van der Waals surface area contributed by atoms with E-state index in [1.807, 2.05) is 79.7 Å². The molecule has 3 aromatic carbocycles. The molecule has 1 aromatic heterocycles. The second kappa shape index (κ2) is 18.2. The van der Waals surface area contributed by atoms with Crippen LogP contribution in [0.4, 0.5) is 15.0 Å². The maximum Gasteiger partial charge on any atom is 0.407 e. The Balaban J connectivity index is 1.43. The first-order valence-electron chi connectivity index (χ1n) is 18.5. The second-order valence-electron chi connectivity index (χ2n) is 15.3. The average molecular weight is 754 g/mol. The van der Waals surface area contributed by atoms with Crippen LogP contribution in [-0.4, -0.2) is 74.0 Å². The van der Waals surface area contributed by atoms with Gasteiger partial charge in [0.2, 0.25) is 11.8 Å². The van der Waals surface area contributed by atoms with E-state index in [9.17, 15) is 19.5 Å². The highest BCUT2D eigenvalue weighted by atomic mass is 19.1. The van der Waals surface area contributed by atoms with Crippen molar-refractivity contribution in [1.82, 2.24) is 20.9 Å². The lowest BCUT2D eigenvalue weighted by molar-refractivity contribution is -0.128. The fourth-order valence-corrected chi connectivity index (χ4v) is 6.76. The maximum atomic E-state index is 15.1. The Morgan fingerprint density at radius 3 is 2.27 bits per heavy atom. The lowest BCUT2D eigenvalue weighted by Crippen LogP contribution is -2.57. The lowest BCUT2D eigenvalue weighted by atomic mass is 9.85. The maximum absolute atomic E-state index is 15.1. The van der Waals surface area contributed by atoms with E-state index in [4.69, 9.17) is 9.47 Å². The number of carbonyl (C=O) groups excluding carboxylic acids is 3. The smallest absolute Gasteiger partial charge is 0.407 e. The van der Waals surface area contributed by atoms with Crippen LogP contribution in [0.25, 0.3) is 11.1 Å². The number of methoxy groups -OCH3 is 1. The minimum Gasteiger partial charge on any atom is -0.493 e. The number of nitrogens with zero attached hydrogens (tertiary/aromatic N) is 2. The van der Waals surface area contributed by atoms with Gasteiger partial charge in [0.05, 0.1) is 31.9 Å². The topological polar surface area (TPSA) is 142 Å². The van der Waals surface area contributed by atoms with Gasteiger partial charge in [-0.15, -0.1) is 0 Å². The normalized spacial score (nSPS) is 16.0. The minimum atomic E-state index is -1.25. The largest absolute Gasteiger partial charge is 0.493 e. The van der Waals surface area contributed by atoms with Gasteiger partial charge in [-0.1, -0.05) is 81.4 Å². The van der Waals surface area contributed by atoms with Crippen LogP contribution in [0, 0.1) is 17.2 Å². The number of aromatic nitrogens is 1. The summed E-state index contributed by atoms with van der Waals surface area (Å²) in [5.41, 5.74) is 3.14. The number of carbonyl (C=O) groups is 3. The monoisotopic (exact) mass is 753 g/mol. The molecule has 0 bridgehead atoms. The van der Waals surface area contributed by atoms with Crippen molar-refractivity contribution in [1.29, 1.82) is 0 Å². The molecular formula is C43H52FN5O6. The van der Waals surface area contributed by atoms with Gasteiger partial charge < -0.3 is 35.4 Å². The molecule has 1 aliphatic heterocycles. The molecule has 5 atom stereocenters. The molecule has 11 nitrogen and oxygen atoms in total. The zero-order valence-corrected chi connectivity index (χ0v) is 32.3. The summed E-state index contributed by atoms with van der Waals surface area (Å²) in [6.45, 7) is 5.84. The fraction of sp³-hybridized carbons (Fsp3) is 0.395. The molecule has 55 heavy (non-hydrogen) atoms. The van der Waals surface area contributed by atoms with Crippen molar-refractivity contribution in [3.05, 3.63) is 114 Å². The first-order chi connectivity index (χ1) is 26.2. The molecule has 0 unspecified atom stereocenters. The van der Waals surface area contributed by atoms with Crippen molar-refractivity contribution in [3.63, 3.8) is 0 Å². The molecule has 0 aliphatic carbocycles. The number of aliphatic hydroxyl groups excluding tert-OH is 1. The summed E-state index contributed by atoms with van der Waals surface area (Å²) in [4.78, 5) is 46.8. The summed E-state index contributed by atoms with van der Waals surface area (Å²) in [7, 11) is 5.07. The summed E-state index contributed by atoms with van der Waals surface area (Å²) in [5, 5.41) is 20.8.